The Balaban J connectivity index is 1.49. The second-order valence-electron chi connectivity index (χ2n) is 8.44. The van der Waals surface area contributed by atoms with Crippen LogP contribution in [-0.4, -0.2) is 11.6 Å². The Kier molecular flexibility index (Phi) is 3.81. The van der Waals surface area contributed by atoms with Crippen LogP contribution in [0.1, 0.15) is 48.6 Å². The van der Waals surface area contributed by atoms with Crippen molar-refractivity contribution in [2.45, 2.75) is 37.5 Å². The molecule has 4 unspecified atom stereocenters. The predicted molar refractivity (Wildman–Crippen MR) is 101 cm³/mol. The van der Waals surface area contributed by atoms with E-state index in [2.05, 4.69) is 48.5 Å². The van der Waals surface area contributed by atoms with Gasteiger partial charge in [-0.25, -0.2) is 0 Å². The number of hydrogen-bond acceptors (Lipinski definition) is 2. The fourth-order valence-corrected chi connectivity index (χ4v) is 6.12. The van der Waals surface area contributed by atoms with Crippen LogP contribution in [0.3, 0.4) is 0 Å². The van der Waals surface area contributed by atoms with Crippen molar-refractivity contribution in [2.24, 2.45) is 23.7 Å². The Morgan fingerprint density at radius 1 is 0.577 bits per heavy atom. The van der Waals surface area contributed by atoms with Crippen molar-refractivity contribution >= 4 is 11.6 Å². The van der Waals surface area contributed by atoms with E-state index < -0.39 is 0 Å². The van der Waals surface area contributed by atoms with Crippen LogP contribution in [0.2, 0.25) is 0 Å². The van der Waals surface area contributed by atoms with E-state index in [-0.39, 0.29) is 23.4 Å². The van der Waals surface area contributed by atoms with Crippen LogP contribution in [-0.2, 0) is 9.59 Å². The minimum atomic E-state index is -0.0701. The molecule has 0 bridgehead atoms. The van der Waals surface area contributed by atoms with Gasteiger partial charge in [0.1, 0.15) is 0 Å². The maximum atomic E-state index is 12.8. The van der Waals surface area contributed by atoms with E-state index in [1.54, 1.807) is 0 Å². The van der Waals surface area contributed by atoms with E-state index in [0.29, 0.717) is 23.7 Å². The first kappa shape index (κ1) is 16.0. The molecule has 26 heavy (non-hydrogen) atoms. The molecule has 5 rings (SSSR count). The number of carbonyl (C=O) groups excluding carboxylic acids is 2. The molecule has 2 aromatic carbocycles. The van der Waals surface area contributed by atoms with Crippen LogP contribution in [0.15, 0.2) is 60.7 Å². The highest BCUT2D eigenvalue weighted by Gasteiger charge is 2.57. The fraction of sp³-hybridized carbons (Fsp3) is 0.417. The molecule has 4 atom stereocenters. The van der Waals surface area contributed by atoms with E-state index in [1.807, 2.05) is 12.1 Å². The van der Waals surface area contributed by atoms with Gasteiger partial charge in [0.15, 0.2) is 0 Å². The van der Waals surface area contributed by atoms with Crippen molar-refractivity contribution in [3.8, 4) is 0 Å². The molecule has 0 aliphatic heterocycles. The fourth-order valence-electron chi connectivity index (χ4n) is 6.12. The standard InChI is InChI=1S/C24H24O2/c25-23-20-13-17(15-7-3-1-4-8-15)11-19-12-18(16-9-5-2-6-10-16)14-21(22(19)20)24(23)26/h1-10,17-22H,11-14H2. The van der Waals surface area contributed by atoms with Gasteiger partial charge in [-0.05, 0) is 60.5 Å². The smallest absolute Gasteiger partial charge is 0.202 e. The maximum Gasteiger partial charge on any atom is 0.202 e. The zero-order valence-electron chi connectivity index (χ0n) is 14.9. The Hall–Kier alpha value is -2.22. The van der Waals surface area contributed by atoms with Gasteiger partial charge in [0.05, 0.1) is 0 Å². The minimum Gasteiger partial charge on any atom is -0.291 e. The van der Waals surface area contributed by atoms with E-state index in [4.69, 9.17) is 0 Å². The van der Waals surface area contributed by atoms with Gasteiger partial charge in [0.2, 0.25) is 11.6 Å². The molecule has 3 aliphatic carbocycles. The van der Waals surface area contributed by atoms with Gasteiger partial charge in [0, 0.05) is 11.8 Å². The lowest BCUT2D eigenvalue weighted by Crippen LogP contribution is -2.38. The Labute approximate surface area is 154 Å². The molecule has 3 aliphatic rings. The second kappa shape index (κ2) is 6.19. The lowest BCUT2D eigenvalue weighted by molar-refractivity contribution is -0.137. The SMILES string of the molecule is O=C1C(=O)C2CC(c3ccccc3)CC3CC(c4ccccc4)CC1C32. The molecule has 2 aromatic rings. The largest absolute Gasteiger partial charge is 0.291 e. The number of rotatable bonds is 2. The Morgan fingerprint density at radius 3 is 1.42 bits per heavy atom. The molecule has 132 valence electrons. The van der Waals surface area contributed by atoms with Gasteiger partial charge in [-0.2, -0.15) is 0 Å². The second-order valence-corrected chi connectivity index (χ2v) is 8.44. The van der Waals surface area contributed by atoms with Gasteiger partial charge in [-0.3, -0.25) is 9.59 Å². The average Bonchev–Trinajstić information content (AvgIpc) is 2.95. The van der Waals surface area contributed by atoms with Crippen LogP contribution >= 0.6 is 0 Å². The predicted octanol–water partition coefficient (Wildman–Crippen LogP) is 4.76. The summed E-state index contributed by atoms with van der Waals surface area (Å²) in [5.74, 6) is 1.40. The first-order chi connectivity index (χ1) is 12.7. The monoisotopic (exact) mass is 344 g/mol. The average molecular weight is 344 g/mol. The van der Waals surface area contributed by atoms with Gasteiger partial charge in [-0.1, -0.05) is 60.7 Å². The first-order valence-corrected chi connectivity index (χ1v) is 9.90. The third kappa shape index (κ3) is 2.46. The molecule has 0 radical (unpaired) electrons. The highest BCUT2D eigenvalue weighted by molar-refractivity contribution is 6.41. The number of carbonyl (C=O) groups is 2. The van der Waals surface area contributed by atoms with Crippen molar-refractivity contribution in [3.05, 3.63) is 71.8 Å². The zero-order chi connectivity index (χ0) is 17.7. The van der Waals surface area contributed by atoms with Crippen molar-refractivity contribution < 1.29 is 9.59 Å². The van der Waals surface area contributed by atoms with Gasteiger partial charge in [-0.15, -0.1) is 0 Å². The molecule has 0 spiro atoms. The van der Waals surface area contributed by atoms with Crippen molar-refractivity contribution in [1.29, 1.82) is 0 Å². The summed E-state index contributed by atoms with van der Waals surface area (Å²) < 4.78 is 0. The maximum absolute atomic E-state index is 12.8. The summed E-state index contributed by atoms with van der Waals surface area (Å²) in [6.45, 7) is 0. The number of Topliss-reactive ketones (excluding diaryl/α,β-unsaturated/α-hetero) is 2. The molecule has 0 saturated heterocycles. The van der Waals surface area contributed by atoms with Crippen LogP contribution in [0.5, 0.6) is 0 Å². The van der Waals surface area contributed by atoms with Crippen molar-refractivity contribution in [3.63, 3.8) is 0 Å². The van der Waals surface area contributed by atoms with E-state index in [9.17, 15) is 9.59 Å². The lowest BCUT2D eigenvalue weighted by Gasteiger charge is -2.45. The van der Waals surface area contributed by atoms with Crippen LogP contribution in [0.4, 0.5) is 0 Å². The van der Waals surface area contributed by atoms with Gasteiger partial charge >= 0.3 is 0 Å². The lowest BCUT2D eigenvalue weighted by atomic mass is 9.58. The van der Waals surface area contributed by atoms with Gasteiger partial charge < -0.3 is 0 Å². The summed E-state index contributed by atoms with van der Waals surface area (Å²) in [7, 11) is 0. The molecule has 0 amide bonds. The molecule has 3 saturated carbocycles. The molecular weight excluding hydrogens is 320 g/mol. The molecule has 3 fully saturated rings. The van der Waals surface area contributed by atoms with E-state index in [0.717, 1.165) is 25.7 Å². The molecule has 2 heteroatoms. The van der Waals surface area contributed by atoms with E-state index >= 15 is 0 Å². The minimum absolute atomic E-state index is 0.0341. The summed E-state index contributed by atoms with van der Waals surface area (Å²) in [5, 5.41) is 0. The highest BCUT2D eigenvalue weighted by atomic mass is 16.2. The van der Waals surface area contributed by atoms with Crippen LogP contribution in [0, 0.1) is 23.7 Å². The summed E-state index contributed by atoms with van der Waals surface area (Å²) in [6, 6.07) is 21.1. The molecule has 0 heterocycles. The highest BCUT2D eigenvalue weighted by Crippen LogP contribution is 2.57. The molecule has 0 N–H and O–H groups in total. The third-order valence-corrected chi connectivity index (χ3v) is 7.18. The quantitative estimate of drug-likeness (QED) is 0.736. The third-order valence-electron chi connectivity index (χ3n) is 7.18. The Bertz CT molecular complexity index is 756. The summed E-state index contributed by atoms with van der Waals surface area (Å²) in [5.41, 5.74) is 2.66. The normalized spacial score (nSPS) is 36.0. The topological polar surface area (TPSA) is 34.1 Å². The number of ketones is 2. The number of hydrogen-bond donors (Lipinski definition) is 0. The molecule has 2 nitrogen and oxygen atoms in total. The van der Waals surface area contributed by atoms with Gasteiger partial charge in [0.25, 0.3) is 0 Å². The number of benzene rings is 2. The summed E-state index contributed by atoms with van der Waals surface area (Å²) in [6.07, 6.45) is 3.96. The zero-order valence-corrected chi connectivity index (χ0v) is 14.9. The van der Waals surface area contributed by atoms with Crippen molar-refractivity contribution in [1.82, 2.24) is 0 Å². The summed E-state index contributed by atoms with van der Waals surface area (Å²) in [4.78, 5) is 25.5. The van der Waals surface area contributed by atoms with Crippen LogP contribution in [0.25, 0.3) is 0 Å². The molecule has 0 aromatic heterocycles. The summed E-state index contributed by atoms with van der Waals surface area (Å²) >= 11 is 0. The van der Waals surface area contributed by atoms with Crippen LogP contribution < -0.4 is 0 Å². The van der Waals surface area contributed by atoms with Crippen molar-refractivity contribution in [2.75, 3.05) is 0 Å². The first-order valence-electron chi connectivity index (χ1n) is 9.90. The molecular formula is C24H24O2. The Morgan fingerprint density at radius 2 is 1.00 bits per heavy atom. The van der Waals surface area contributed by atoms with E-state index in [1.165, 1.54) is 11.1 Å².